The molecule has 82 valence electrons. The second-order valence-electron chi connectivity index (χ2n) is 3.33. The van der Waals surface area contributed by atoms with Crippen molar-refractivity contribution in [1.29, 1.82) is 0 Å². The maximum Gasteiger partial charge on any atom is 0.323 e. The van der Waals surface area contributed by atoms with Crippen LogP contribution in [0.2, 0.25) is 0 Å². The summed E-state index contributed by atoms with van der Waals surface area (Å²) in [7, 11) is -3.73. The molecule has 0 aromatic rings. The molecule has 2 atom stereocenters. The first-order valence-corrected chi connectivity index (χ1v) is 5.93. The van der Waals surface area contributed by atoms with E-state index in [0.29, 0.717) is 13.0 Å². The van der Waals surface area contributed by atoms with Gasteiger partial charge in [0.2, 0.25) is 10.0 Å². The van der Waals surface area contributed by atoms with Crippen molar-refractivity contribution >= 4 is 16.0 Å². The van der Waals surface area contributed by atoms with E-state index < -0.39 is 21.2 Å². The summed E-state index contributed by atoms with van der Waals surface area (Å²) in [5.41, 5.74) is 0. The van der Waals surface area contributed by atoms with Crippen molar-refractivity contribution in [3.05, 3.63) is 0 Å². The largest absolute Gasteiger partial charge is 0.480 e. The van der Waals surface area contributed by atoms with Crippen molar-refractivity contribution < 1.29 is 18.3 Å². The molecule has 14 heavy (non-hydrogen) atoms. The third-order valence-electron chi connectivity index (χ3n) is 2.20. The molecule has 1 aliphatic heterocycles. The molecular formula is C7H14N2O4S. The molecule has 1 saturated heterocycles. The normalized spacial score (nSPS) is 24.8. The molecule has 1 fully saturated rings. The summed E-state index contributed by atoms with van der Waals surface area (Å²) < 4.78 is 25.2. The van der Waals surface area contributed by atoms with Gasteiger partial charge in [-0.25, -0.2) is 13.1 Å². The topological polar surface area (TPSA) is 95.5 Å². The van der Waals surface area contributed by atoms with E-state index in [1.807, 2.05) is 0 Å². The first kappa shape index (κ1) is 11.4. The van der Waals surface area contributed by atoms with Gasteiger partial charge in [0.05, 0.1) is 0 Å². The Bertz CT molecular complexity index is 308. The van der Waals surface area contributed by atoms with Crippen molar-refractivity contribution in [3.63, 3.8) is 0 Å². The second-order valence-corrected chi connectivity index (χ2v) is 5.37. The summed E-state index contributed by atoms with van der Waals surface area (Å²) in [5.74, 6) is -1.33. The number of carboxylic acids is 1. The van der Waals surface area contributed by atoms with Crippen molar-refractivity contribution in [2.24, 2.45) is 0 Å². The second kappa shape index (κ2) is 4.24. The van der Waals surface area contributed by atoms with Crippen LogP contribution in [0.4, 0.5) is 0 Å². The summed E-state index contributed by atoms with van der Waals surface area (Å²) in [6, 6.07) is -0.179. The molecular weight excluding hydrogens is 208 g/mol. The number of hydrogen-bond donors (Lipinski definition) is 3. The summed E-state index contributed by atoms with van der Waals surface area (Å²) in [5, 5.41) is 10.1. The molecule has 3 N–H and O–H groups in total. The highest BCUT2D eigenvalue weighted by Gasteiger charge is 2.30. The average molecular weight is 222 g/mol. The Hall–Kier alpha value is -0.660. The molecule has 1 rings (SSSR count). The number of sulfonamides is 1. The zero-order valence-electron chi connectivity index (χ0n) is 7.86. The standard InChI is InChI=1S/C7H14N2O4S/c1-5(7(10)11)14(12,13)9-6-2-3-8-4-6/h5-6,8-9H,2-4H2,1H3,(H,10,11). The Balaban J connectivity index is 2.61. The first-order chi connectivity index (χ1) is 6.43. The van der Waals surface area contributed by atoms with E-state index in [1.54, 1.807) is 0 Å². The van der Waals surface area contributed by atoms with Crippen LogP contribution in [0.1, 0.15) is 13.3 Å². The predicted octanol–water partition coefficient (Wildman–Crippen LogP) is -1.26. The van der Waals surface area contributed by atoms with Gasteiger partial charge in [-0.05, 0) is 19.9 Å². The molecule has 0 bridgehead atoms. The van der Waals surface area contributed by atoms with Crippen molar-refractivity contribution in [2.75, 3.05) is 13.1 Å². The molecule has 0 spiro atoms. The molecule has 0 radical (unpaired) electrons. The smallest absolute Gasteiger partial charge is 0.323 e. The highest BCUT2D eigenvalue weighted by Crippen LogP contribution is 2.04. The van der Waals surface area contributed by atoms with Gasteiger partial charge in [-0.1, -0.05) is 0 Å². The lowest BCUT2D eigenvalue weighted by molar-refractivity contribution is -0.136. The van der Waals surface area contributed by atoms with Crippen LogP contribution in [0.5, 0.6) is 0 Å². The Kier molecular flexibility index (Phi) is 3.46. The quantitative estimate of drug-likeness (QED) is 0.552. The van der Waals surface area contributed by atoms with E-state index in [4.69, 9.17) is 5.11 Å². The van der Waals surface area contributed by atoms with Crippen LogP contribution in [0, 0.1) is 0 Å². The highest BCUT2D eigenvalue weighted by atomic mass is 32.2. The number of hydrogen-bond acceptors (Lipinski definition) is 4. The van der Waals surface area contributed by atoms with E-state index >= 15 is 0 Å². The fourth-order valence-corrected chi connectivity index (χ4v) is 2.36. The van der Waals surface area contributed by atoms with Gasteiger partial charge in [-0.15, -0.1) is 0 Å². The molecule has 6 nitrogen and oxygen atoms in total. The molecule has 0 aliphatic carbocycles. The molecule has 2 unspecified atom stereocenters. The van der Waals surface area contributed by atoms with Gasteiger partial charge in [0, 0.05) is 12.6 Å². The number of nitrogens with one attached hydrogen (secondary N) is 2. The van der Waals surface area contributed by atoms with E-state index in [-0.39, 0.29) is 6.04 Å². The summed E-state index contributed by atoms with van der Waals surface area (Å²) in [6.07, 6.45) is 0.700. The van der Waals surface area contributed by atoms with E-state index in [9.17, 15) is 13.2 Å². The average Bonchev–Trinajstić information content (AvgIpc) is 2.54. The number of aliphatic carboxylic acids is 1. The molecule has 0 aromatic heterocycles. The van der Waals surface area contributed by atoms with Gasteiger partial charge in [0.15, 0.2) is 5.25 Å². The van der Waals surface area contributed by atoms with Gasteiger partial charge in [-0.3, -0.25) is 4.79 Å². The highest BCUT2D eigenvalue weighted by molar-refractivity contribution is 7.90. The predicted molar refractivity (Wildman–Crippen MR) is 50.4 cm³/mol. The van der Waals surface area contributed by atoms with Crippen LogP contribution in [0.15, 0.2) is 0 Å². The van der Waals surface area contributed by atoms with Gasteiger partial charge >= 0.3 is 5.97 Å². The molecule has 1 aliphatic rings. The lowest BCUT2D eigenvalue weighted by atomic mass is 10.3. The maximum absolute atomic E-state index is 11.4. The van der Waals surface area contributed by atoms with Crippen molar-refractivity contribution in [1.82, 2.24) is 10.0 Å². The zero-order valence-corrected chi connectivity index (χ0v) is 8.67. The fourth-order valence-electron chi connectivity index (χ4n) is 1.22. The summed E-state index contributed by atoms with van der Waals surface area (Å²) >= 11 is 0. The molecule has 0 saturated carbocycles. The van der Waals surface area contributed by atoms with Crippen molar-refractivity contribution in [3.8, 4) is 0 Å². The van der Waals surface area contributed by atoms with Gasteiger partial charge in [0.25, 0.3) is 0 Å². The van der Waals surface area contributed by atoms with Gasteiger partial charge < -0.3 is 10.4 Å². The number of carbonyl (C=O) groups is 1. The number of carboxylic acid groups (broad SMARTS) is 1. The SMILES string of the molecule is CC(C(=O)O)S(=O)(=O)NC1CCNC1. The number of rotatable bonds is 4. The monoisotopic (exact) mass is 222 g/mol. The molecule has 0 amide bonds. The summed E-state index contributed by atoms with van der Waals surface area (Å²) in [4.78, 5) is 10.5. The van der Waals surface area contributed by atoms with Gasteiger partial charge in [-0.2, -0.15) is 0 Å². The van der Waals surface area contributed by atoms with Crippen LogP contribution in [0.25, 0.3) is 0 Å². The van der Waals surface area contributed by atoms with E-state index in [1.165, 1.54) is 0 Å². The Morgan fingerprint density at radius 3 is 2.71 bits per heavy atom. The summed E-state index contributed by atoms with van der Waals surface area (Å²) in [6.45, 7) is 2.48. The third-order valence-corrected chi connectivity index (χ3v) is 4.00. The third kappa shape index (κ3) is 2.66. The lowest BCUT2D eigenvalue weighted by Crippen LogP contribution is -2.43. The Morgan fingerprint density at radius 1 is 1.64 bits per heavy atom. The first-order valence-electron chi connectivity index (χ1n) is 4.38. The van der Waals surface area contributed by atoms with Crippen LogP contribution >= 0.6 is 0 Å². The van der Waals surface area contributed by atoms with Crippen LogP contribution in [0.3, 0.4) is 0 Å². The van der Waals surface area contributed by atoms with E-state index in [0.717, 1.165) is 13.5 Å². The minimum Gasteiger partial charge on any atom is -0.480 e. The van der Waals surface area contributed by atoms with Crippen molar-refractivity contribution in [2.45, 2.75) is 24.6 Å². The van der Waals surface area contributed by atoms with Crippen LogP contribution < -0.4 is 10.0 Å². The minimum atomic E-state index is -3.73. The lowest BCUT2D eigenvalue weighted by Gasteiger charge is -2.14. The minimum absolute atomic E-state index is 0.179. The van der Waals surface area contributed by atoms with Gasteiger partial charge in [0.1, 0.15) is 0 Å². The maximum atomic E-state index is 11.4. The van der Waals surface area contributed by atoms with Crippen LogP contribution in [-0.4, -0.2) is 43.9 Å². The fraction of sp³-hybridized carbons (Fsp3) is 0.857. The Morgan fingerprint density at radius 2 is 2.29 bits per heavy atom. The zero-order chi connectivity index (χ0) is 10.8. The van der Waals surface area contributed by atoms with E-state index in [2.05, 4.69) is 10.0 Å². The molecule has 7 heteroatoms. The van der Waals surface area contributed by atoms with Crippen LogP contribution in [-0.2, 0) is 14.8 Å². The Labute approximate surface area is 82.7 Å². The molecule has 1 heterocycles. The molecule has 0 aromatic carbocycles.